The number of carbonyl (C=O) groups is 1. The zero-order valence-corrected chi connectivity index (χ0v) is 15.4. The van der Waals surface area contributed by atoms with E-state index in [9.17, 15) is 4.79 Å². The summed E-state index contributed by atoms with van der Waals surface area (Å²) in [6.45, 7) is 5.37. The van der Waals surface area contributed by atoms with E-state index in [0.717, 1.165) is 53.8 Å². The van der Waals surface area contributed by atoms with E-state index < -0.39 is 0 Å². The smallest absolute Gasteiger partial charge is 0.246 e. The molecule has 1 saturated heterocycles. The molecule has 1 atom stereocenters. The van der Waals surface area contributed by atoms with Crippen LogP contribution in [0.2, 0.25) is 0 Å². The molecule has 3 aromatic heterocycles. The molecule has 0 bridgehead atoms. The number of hydrogen-bond acceptors (Lipinski definition) is 4. The highest BCUT2D eigenvalue weighted by atomic mass is 16.2. The van der Waals surface area contributed by atoms with E-state index in [1.807, 2.05) is 31.6 Å². The third kappa shape index (κ3) is 3.30. The molecule has 6 nitrogen and oxygen atoms in total. The molecule has 0 unspecified atom stereocenters. The van der Waals surface area contributed by atoms with Gasteiger partial charge in [0, 0.05) is 55.7 Å². The first-order valence-corrected chi connectivity index (χ1v) is 9.19. The Labute approximate surface area is 158 Å². The van der Waals surface area contributed by atoms with Crippen LogP contribution in [0, 0.1) is 0 Å². The first-order valence-electron chi connectivity index (χ1n) is 9.19. The molecular weight excluding hydrogens is 338 g/mol. The van der Waals surface area contributed by atoms with Crippen LogP contribution in [-0.2, 0) is 4.79 Å². The van der Waals surface area contributed by atoms with Crippen molar-refractivity contribution < 1.29 is 4.79 Å². The number of carbonyl (C=O) groups excluding carboxylic acids is 1. The minimum atomic E-state index is -0.0268. The molecule has 1 amide bonds. The molecule has 0 aromatic carbocycles. The van der Waals surface area contributed by atoms with Crippen LogP contribution in [0.1, 0.15) is 12.8 Å². The van der Waals surface area contributed by atoms with Crippen molar-refractivity contribution in [3.05, 3.63) is 55.6 Å². The van der Waals surface area contributed by atoms with Gasteiger partial charge in [0.25, 0.3) is 0 Å². The molecule has 4 heterocycles. The number of nitrogens with zero attached hydrogens (tertiary/aromatic N) is 4. The predicted octanol–water partition coefficient (Wildman–Crippen LogP) is 3.24. The lowest BCUT2D eigenvalue weighted by Gasteiger charge is -2.38. The highest BCUT2D eigenvalue weighted by Gasteiger charge is 2.25. The molecule has 4 rings (SSSR count). The van der Waals surface area contributed by atoms with Crippen LogP contribution >= 0.6 is 0 Å². The number of piperidine rings is 1. The molecule has 6 heteroatoms. The SMILES string of the molecule is C=CC(=O)N(C)[C@H]1CCCN(c2cnc3[nH]cc(-c4ccncc4)c3c2)C1. The Morgan fingerprint density at radius 3 is 3.00 bits per heavy atom. The normalized spacial score (nSPS) is 17.1. The summed E-state index contributed by atoms with van der Waals surface area (Å²) in [6.07, 6.45) is 10.9. The van der Waals surface area contributed by atoms with Crippen molar-refractivity contribution in [1.29, 1.82) is 0 Å². The number of nitrogens with one attached hydrogen (secondary N) is 1. The molecule has 1 fully saturated rings. The summed E-state index contributed by atoms with van der Waals surface area (Å²) >= 11 is 0. The van der Waals surface area contributed by atoms with Crippen molar-refractivity contribution in [2.24, 2.45) is 0 Å². The van der Waals surface area contributed by atoms with Crippen LogP contribution in [0.15, 0.2) is 55.6 Å². The Balaban J connectivity index is 1.64. The fraction of sp³-hybridized carbons (Fsp3) is 0.286. The van der Waals surface area contributed by atoms with Crippen molar-refractivity contribution in [3.8, 4) is 11.1 Å². The molecule has 0 spiro atoms. The number of H-pyrrole nitrogens is 1. The van der Waals surface area contributed by atoms with Gasteiger partial charge in [-0.3, -0.25) is 9.78 Å². The summed E-state index contributed by atoms with van der Waals surface area (Å²) < 4.78 is 0. The summed E-state index contributed by atoms with van der Waals surface area (Å²) in [5.74, 6) is -0.0268. The highest BCUT2D eigenvalue weighted by molar-refractivity contribution is 5.95. The van der Waals surface area contributed by atoms with Crippen LogP contribution in [-0.4, -0.2) is 51.9 Å². The van der Waals surface area contributed by atoms with Gasteiger partial charge in [-0.05, 0) is 42.7 Å². The number of rotatable bonds is 4. The zero-order chi connectivity index (χ0) is 18.8. The third-order valence-corrected chi connectivity index (χ3v) is 5.34. The summed E-state index contributed by atoms with van der Waals surface area (Å²) in [6, 6.07) is 6.38. The number of amides is 1. The molecule has 3 aromatic rings. The van der Waals surface area contributed by atoms with Crippen LogP contribution in [0.25, 0.3) is 22.2 Å². The number of hydrogen-bond donors (Lipinski definition) is 1. The van der Waals surface area contributed by atoms with E-state index in [0.29, 0.717) is 0 Å². The zero-order valence-electron chi connectivity index (χ0n) is 15.4. The lowest BCUT2D eigenvalue weighted by atomic mass is 10.0. The maximum Gasteiger partial charge on any atom is 0.246 e. The van der Waals surface area contributed by atoms with Crippen LogP contribution in [0.5, 0.6) is 0 Å². The van der Waals surface area contributed by atoms with Gasteiger partial charge in [0.05, 0.1) is 11.9 Å². The maximum atomic E-state index is 12.0. The van der Waals surface area contributed by atoms with Crippen LogP contribution in [0.4, 0.5) is 5.69 Å². The van der Waals surface area contributed by atoms with E-state index in [2.05, 4.69) is 32.5 Å². The number of aromatic amines is 1. The molecule has 0 radical (unpaired) electrons. The van der Waals surface area contributed by atoms with E-state index in [1.165, 1.54) is 6.08 Å². The Kier molecular flexibility index (Phi) is 4.62. The van der Waals surface area contributed by atoms with Crippen molar-refractivity contribution in [1.82, 2.24) is 19.9 Å². The lowest BCUT2D eigenvalue weighted by Crippen LogP contribution is -2.48. The minimum Gasteiger partial charge on any atom is -0.368 e. The molecule has 0 saturated carbocycles. The van der Waals surface area contributed by atoms with Gasteiger partial charge in [-0.2, -0.15) is 0 Å². The largest absolute Gasteiger partial charge is 0.368 e. The molecule has 138 valence electrons. The van der Waals surface area contributed by atoms with Gasteiger partial charge >= 0.3 is 0 Å². The monoisotopic (exact) mass is 361 g/mol. The molecule has 27 heavy (non-hydrogen) atoms. The van der Waals surface area contributed by atoms with Gasteiger partial charge < -0.3 is 14.8 Å². The summed E-state index contributed by atoms with van der Waals surface area (Å²) in [5, 5.41) is 1.09. The van der Waals surface area contributed by atoms with Crippen LogP contribution in [0.3, 0.4) is 0 Å². The van der Waals surface area contributed by atoms with E-state index in [4.69, 9.17) is 0 Å². The number of anilines is 1. The average molecular weight is 361 g/mol. The fourth-order valence-corrected chi connectivity index (χ4v) is 3.76. The van der Waals surface area contributed by atoms with Gasteiger partial charge in [0.2, 0.25) is 5.91 Å². The first-order chi connectivity index (χ1) is 13.2. The van der Waals surface area contributed by atoms with Crippen molar-refractivity contribution in [2.75, 3.05) is 25.0 Å². The van der Waals surface area contributed by atoms with Crippen LogP contribution < -0.4 is 4.90 Å². The summed E-state index contributed by atoms with van der Waals surface area (Å²) in [7, 11) is 1.85. The summed E-state index contributed by atoms with van der Waals surface area (Å²) in [4.78, 5) is 28.0. The molecule has 1 N–H and O–H groups in total. The highest BCUT2D eigenvalue weighted by Crippen LogP contribution is 2.31. The average Bonchev–Trinajstić information content (AvgIpc) is 3.16. The lowest BCUT2D eigenvalue weighted by molar-refractivity contribution is -0.126. The Morgan fingerprint density at radius 1 is 1.41 bits per heavy atom. The first kappa shape index (κ1) is 17.3. The Hall–Kier alpha value is -3.15. The predicted molar refractivity (Wildman–Crippen MR) is 108 cm³/mol. The van der Waals surface area contributed by atoms with Gasteiger partial charge in [-0.1, -0.05) is 6.58 Å². The second kappa shape index (κ2) is 7.23. The van der Waals surface area contributed by atoms with E-state index in [-0.39, 0.29) is 11.9 Å². The van der Waals surface area contributed by atoms with E-state index in [1.54, 1.807) is 17.3 Å². The van der Waals surface area contributed by atoms with Gasteiger partial charge in [0.15, 0.2) is 0 Å². The molecular formula is C21H23N5O. The van der Waals surface area contributed by atoms with Crippen molar-refractivity contribution in [2.45, 2.75) is 18.9 Å². The molecule has 1 aliphatic heterocycles. The second-order valence-corrected chi connectivity index (χ2v) is 6.92. The van der Waals surface area contributed by atoms with Gasteiger partial charge in [-0.25, -0.2) is 4.98 Å². The number of pyridine rings is 2. The van der Waals surface area contributed by atoms with Gasteiger partial charge in [0.1, 0.15) is 5.65 Å². The summed E-state index contributed by atoms with van der Waals surface area (Å²) in [5.41, 5.74) is 4.19. The van der Waals surface area contributed by atoms with Crippen molar-refractivity contribution >= 4 is 22.6 Å². The van der Waals surface area contributed by atoms with Crippen molar-refractivity contribution in [3.63, 3.8) is 0 Å². The number of fused-ring (bicyclic) bond motifs is 1. The minimum absolute atomic E-state index is 0.0268. The Morgan fingerprint density at radius 2 is 2.22 bits per heavy atom. The quantitative estimate of drug-likeness (QED) is 0.725. The molecule has 1 aliphatic rings. The Bertz CT molecular complexity index is 965. The second-order valence-electron chi connectivity index (χ2n) is 6.92. The molecule has 0 aliphatic carbocycles. The number of aromatic nitrogens is 3. The standard InChI is InChI=1S/C21H23N5O/c1-3-20(27)25(2)16-5-4-10-26(14-16)17-11-18-19(13-24-21(18)23-12-17)15-6-8-22-9-7-15/h3,6-9,11-13,16H,1,4-5,10,14H2,2H3,(H,23,24)/t16-/m0/s1. The topological polar surface area (TPSA) is 65.1 Å². The van der Waals surface area contributed by atoms with Gasteiger partial charge in [-0.15, -0.1) is 0 Å². The maximum absolute atomic E-state index is 12.0. The van der Waals surface area contributed by atoms with E-state index >= 15 is 0 Å². The number of likely N-dealkylation sites (N-methyl/N-ethyl adjacent to an activating group) is 1. The fourth-order valence-electron chi connectivity index (χ4n) is 3.76. The third-order valence-electron chi connectivity index (χ3n) is 5.34.